The number of carboxylic acids is 1. The minimum atomic E-state index is -1.39. The van der Waals surface area contributed by atoms with Gasteiger partial charge in [0.2, 0.25) is 11.8 Å². The van der Waals surface area contributed by atoms with Crippen LogP contribution in [0, 0.1) is 0 Å². The Morgan fingerprint density at radius 2 is 1.14 bits per heavy atom. The number of aliphatic carboxylic acids is 1. The van der Waals surface area contributed by atoms with Gasteiger partial charge in [-0.3, -0.25) is 14.4 Å². The molecule has 50 heavy (non-hydrogen) atoms. The molecule has 0 fully saturated rings. The van der Waals surface area contributed by atoms with E-state index in [4.69, 9.17) is 14.9 Å². The summed E-state index contributed by atoms with van der Waals surface area (Å²) in [5, 5.41) is 22.4. The van der Waals surface area contributed by atoms with Crippen LogP contribution in [-0.2, 0) is 23.9 Å². The monoisotopic (exact) mass is 701 g/mol. The van der Waals surface area contributed by atoms with E-state index in [0.717, 1.165) is 109 Å². The standard InChI is InChI=1S/C41H68N2O7/c1-3-5-7-9-10-11-12-13-14-15-16-17-18-19-20-21-22-23-29-33-40(47)50-36(30-26-8-6-4-2)31-27-24-25-28-32-38(45)42-34-39(46)43-37(35-44)41(48)49/h5,7,10-11,13-14,16-17,19-20,36-37,44H,3-4,6,8-9,12,15,18,21-35H2,1-2H3,(H,42,45)(H,43,46)(H,48,49)/b7-5-,11-10-,14-13-,17-16-,20-19-. The largest absolute Gasteiger partial charge is 0.480 e. The van der Waals surface area contributed by atoms with E-state index in [0.29, 0.717) is 12.8 Å². The summed E-state index contributed by atoms with van der Waals surface area (Å²) in [7, 11) is 0. The van der Waals surface area contributed by atoms with Crippen molar-refractivity contribution in [1.29, 1.82) is 0 Å². The lowest BCUT2D eigenvalue weighted by atomic mass is 10.0. The van der Waals surface area contributed by atoms with Gasteiger partial charge in [-0.15, -0.1) is 0 Å². The first-order valence-electron chi connectivity index (χ1n) is 19.2. The molecule has 0 spiro atoms. The number of carboxylic acid groups (broad SMARTS) is 1. The second kappa shape index (κ2) is 35.4. The van der Waals surface area contributed by atoms with Crippen LogP contribution in [0.1, 0.15) is 149 Å². The van der Waals surface area contributed by atoms with Gasteiger partial charge in [0.1, 0.15) is 12.1 Å². The number of nitrogens with one attached hydrogen (secondary N) is 2. The average molecular weight is 701 g/mol. The molecule has 0 aromatic carbocycles. The number of allylic oxidation sites excluding steroid dienone is 10. The average Bonchev–Trinajstić information content (AvgIpc) is 3.10. The zero-order chi connectivity index (χ0) is 36.9. The number of aliphatic hydroxyl groups is 1. The maximum absolute atomic E-state index is 12.6. The highest BCUT2D eigenvalue weighted by atomic mass is 16.5. The third-order valence-electron chi connectivity index (χ3n) is 8.03. The lowest BCUT2D eigenvalue weighted by Crippen LogP contribution is -2.47. The SMILES string of the molecule is CC/C=C\C/C=C\C/C=C\C/C=C\C/C=C\CCCCCC(=O)OC(CCCCCC)CCCCCCC(=O)NCC(=O)NC(CO)C(=O)O. The molecule has 0 radical (unpaired) electrons. The topological polar surface area (TPSA) is 142 Å². The van der Waals surface area contributed by atoms with Crippen LogP contribution >= 0.6 is 0 Å². The van der Waals surface area contributed by atoms with Crippen LogP contribution in [0.3, 0.4) is 0 Å². The number of hydrogen-bond acceptors (Lipinski definition) is 6. The molecule has 9 heteroatoms. The summed E-state index contributed by atoms with van der Waals surface area (Å²) in [6.07, 6.45) is 41.3. The van der Waals surface area contributed by atoms with Gasteiger partial charge >= 0.3 is 11.9 Å². The van der Waals surface area contributed by atoms with Gasteiger partial charge in [0.25, 0.3) is 0 Å². The Hall–Kier alpha value is -3.46. The van der Waals surface area contributed by atoms with Crippen LogP contribution in [0.25, 0.3) is 0 Å². The third-order valence-corrected chi connectivity index (χ3v) is 8.03. The number of rotatable bonds is 33. The Balaban J connectivity index is 4.10. The van der Waals surface area contributed by atoms with E-state index in [9.17, 15) is 19.2 Å². The lowest BCUT2D eigenvalue weighted by Gasteiger charge is -2.18. The predicted molar refractivity (Wildman–Crippen MR) is 204 cm³/mol. The summed E-state index contributed by atoms with van der Waals surface area (Å²) >= 11 is 0. The molecule has 0 saturated carbocycles. The number of ether oxygens (including phenoxy) is 1. The number of esters is 1. The molecule has 0 aliphatic carbocycles. The van der Waals surface area contributed by atoms with Crippen molar-refractivity contribution >= 4 is 23.8 Å². The predicted octanol–water partition coefficient (Wildman–Crippen LogP) is 8.59. The van der Waals surface area contributed by atoms with Crippen molar-refractivity contribution in [2.24, 2.45) is 0 Å². The Kier molecular flexibility index (Phi) is 32.9. The summed E-state index contributed by atoms with van der Waals surface area (Å²) in [6.45, 7) is 3.27. The minimum absolute atomic E-state index is 0.0592. The van der Waals surface area contributed by atoms with Crippen molar-refractivity contribution in [2.75, 3.05) is 13.2 Å². The van der Waals surface area contributed by atoms with E-state index in [1.54, 1.807) is 0 Å². The fraction of sp³-hybridized carbons (Fsp3) is 0.659. The number of unbranched alkanes of at least 4 members (excludes halogenated alkanes) is 9. The zero-order valence-corrected chi connectivity index (χ0v) is 31.1. The molecule has 0 aliphatic rings. The van der Waals surface area contributed by atoms with Crippen molar-refractivity contribution in [3.05, 3.63) is 60.8 Å². The Morgan fingerprint density at radius 1 is 0.620 bits per heavy atom. The second-order valence-electron chi connectivity index (χ2n) is 12.6. The molecule has 0 heterocycles. The summed E-state index contributed by atoms with van der Waals surface area (Å²) in [4.78, 5) is 47.2. The van der Waals surface area contributed by atoms with Gasteiger partial charge in [-0.25, -0.2) is 4.79 Å². The number of carbonyl (C=O) groups is 4. The Bertz CT molecular complexity index is 1030. The van der Waals surface area contributed by atoms with Crippen LogP contribution in [0.15, 0.2) is 60.8 Å². The smallest absolute Gasteiger partial charge is 0.328 e. The second-order valence-corrected chi connectivity index (χ2v) is 12.6. The quantitative estimate of drug-likeness (QED) is 0.0305. The number of aliphatic hydroxyl groups excluding tert-OH is 1. The van der Waals surface area contributed by atoms with Gasteiger partial charge < -0.3 is 25.6 Å². The molecule has 0 rings (SSSR count). The summed E-state index contributed by atoms with van der Waals surface area (Å²) < 4.78 is 5.89. The van der Waals surface area contributed by atoms with Gasteiger partial charge in [-0.2, -0.15) is 0 Å². The molecule has 0 aromatic heterocycles. The summed E-state index contributed by atoms with van der Waals surface area (Å²) in [5.41, 5.74) is 0. The maximum Gasteiger partial charge on any atom is 0.328 e. The Morgan fingerprint density at radius 3 is 1.70 bits per heavy atom. The molecule has 0 bridgehead atoms. The molecule has 9 nitrogen and oxygen atoms in total. The van der Waals surface area contributed by atoms with Crippen molar-refractivity contribution in [3.8, 4) is 0 Å². The first-order chi connectivity index (χ1) is 24.3. The first-order valence-corrected chi connectivity index (χ1v) is 19.2. The first kappa shape index (κ1) is 46.5. The highest BCUT2D eigenvalue weighted by Crippen LogP contribution is 2.17. The maximum atomic E-state index is 12.6. The number of carbonyl (C=O) groups excluding carboxylic acids is 3. The van der Waals surface area contributed by atoms with E-state index < -0.39 is 24.5 Å². The Labute approximate surface area is 302 Å². The number of hydrogen-bond donors (Lipinski definition) is 4. The van der Waals surface area contributed by atoms with Crippen molar-refractivity contribution in [1.82, 2.24) is 10.6 Å². The summed E-state index contributed by atoms with van der Waals surface area (Å²) in [6, 6.07) is -1.39. The van der Waals surface area contributed by atoms with Gasteiger partial charge in [-0.05, 0) is 83.5 Å². The van der Waals surface area contributed by atoms with Crippen molar-refractivity contribution in [2.45, 2.75) is 161 Å². The summed E-state index contributed by atoms with van der Waals surface area (Å²) in [5.74, 6) is -2.39. The molecule has 2 atom stereocenters. The zero-order valence-electron chi connectivity index (χ0n) is 31.1. The highest BCUT2D eigenvalue weighted by molar-refractivity contribution is 5.87. The fourth-order valence-electron chi connectivity index (χ4n) is 5.09. The fourth-order valence-corrected chi connectivity index (χ4v) is 5.09. The van der Waals surface area contributed by atoms with E-state index in [1.165, 1.54) is 6.42 Å². The normalized spacial score (nSPS) is 13.2. The van der Waals surface area contributed by atoms with Crippen LogP contribution in [-0.4, -0.2) is 59.3 Å². The van der Waals surface area contributed by atoms with E-state index in [-0.39, 0.29) is 30.9 Å². The molecule has 284 valence electrons. The van der Waals surface area contributed by atoms with Crippen molar-refractivity contribution < 1.29 is 34.1 Å². The molecule has 0 aromatic rings. The van der Waals surface area contributed by atoms with Gasteiger partial charge in [0, 0.05) is 12.8 Å². The van der Waals surface area contributed by atoms with Gasteiger partial charge in [0.15, 0.2) is 0 Å². The molecular formula is C41H68N2O7. The highest BCUT2D eigenvalue weighted by Gasteiger charge is 2.19. The molecule has 0 saturated heterocycles. The van der Waals surface area contributed by atoms with Crippen LogP contribution in [0.4, 0.5) is 0 Å². The van der Waals surface area contributed by atoms with E-state index in [2.05, 4.69) is 85.2 Å². The van der Waals surface area contributed by atoms with E-state index >= 15 is 0 Å². The lowest BCUT2D eigenvalue weighted by molar-refractivity contribution is -0.150. The van der Waals surface area contributed by atoms with Crippen LogP contribution in [0.2, 0.25) is 0 Å². The molecule has 0 aliphatic heterocycles. The van der Waals surface area contributed by atoms with Gasteiger partial charge in [-0.1, -0.05) is 113 Å². The van der Waals surface area contributed by atoms with Crippen molar-refractivity contribution in [3.63, 3.8) is 0 Å². The minimum Gasteiger partial charge on any atom is -0.480 e. The van der Waals surface area contributed by atoms with Crippen LogP contribution < -0.4 is 10.6 Å². The molecule has 2 amide bonds. The molecule has 2 unspecified atom stereocenters. The third kappa shape index (κ3) is 31.8. The van der Waals surface area contributed by atoms with E-state index in [1.807, 2.05) is 0 Å². The van der Waals surface area contributed by atoms with Crippen LogP contribution in [0.5, 0.6) is 0 Å². The molecular weight excluding hydrogens is 632 g/mol. The molecule has 4 N–H and O–H groups in total. The number of amides is 2. The van der Waals surface area contributed by atoms with Gasteiger partial charge in [0.05, 0.1) is 13.2 Å².